The molecule has 2 aromatic heterocycles. The molecular weight excluding hydrogens is 323 g/mol. The molecule has 0 spiro atoms. The van der Waals surface area contributed by atoms with Crippen LogP contribution < -0.4 is 10.6 Å². The lowest BCUT2D eigenvalue weighted by molar-refractivity contribution is 0.102. The lowest BCUT2D eigenvalue weighted by Crippen LogP contribution is -2.32. The van der Waals surface area contributed by atoms with E-state index >= 15 is 0 Å². The Hall–Kier alpha value is -2.74. The highest BCUT2D eigenvalue weighted by molar-refractivity contribution is 6.02. The first kappa shape index (κ1) is 15.8. The Morgan fingerprint density at radius 1 is 1.40 bits per heavy atom. The molecule has 1 atom stereocenters. The molecule has 1 aromatic carbocycles. The lowest BCUT2D eigenvalue weighted by atomic mass is 10.1. The molecule has 4 rings (SSSR count). The summed E-state index contributed by atoms with van der Waals surface area (Å²) >= 11 is 0. The molecule has 8 heteroatoms. The molecular formula is C17H19FN6O. The molecule has 1 unspecified atom stereocenters. The van der Waals surface area contributed by atoms with Crippen LogP contribution in [0.5, 0.6) is 0 Å². The second kappa shape index (κ2) is 6.29. The summed E-state index contributed by atoms with van der Waals surface area (Å²) < 4.78 is 16.9. The maximum atomic E-state index is 13.3. The van der Waals surface area contributed by atoms with Gasteiger partial charge in [-0.2, -0.15) is 5.10 Å². The number of nitrogens with zero attached hydrogens (tertiary/aromatic N) is 4. The minimum Gasteiger partial charge on any atom is -0.315 e. The standard InChI is InChI=1S/C17H19FN6O/c1-23-15-5-4-11(18)9-14(15)20-17(23)21-16(25)13-6-8-24(22-13)12-3-2-7-19-10-12/h4-6,8-9,12,19H,2-3,7,10H2,1H3,(H,20,21,25). The zero-order valence-corrected chi connectivity index (χ0v) is 13.9. The molecule has 0 radical (unpaired) electrons. The van der Waals surface area contributed by atoms with Crippen molar-refractivity contribution in [1.29, 1.82) is 0 Å². The van der Waals surface area contributed by atoms with Gasteiger partial charge in [0.15, 0.2) is 5.69 Å². The van der Waals surface area contributed by atoms with Crippen molar-refractivity contribution in [2.24, 2.45) is 7.05 Å². The van der Waals surface area contributed by atoms with Gasteiger partial charge in [-0.3, -0.25) is 14.8 Å². The quantitative estimate of drug-likeness (QED) is 0.764. The van der Waals surface area contributed by atoms with E-state index < -0.39 is 0 Å². The van der Waals surface area contributed by atoms with Crippen LogP contribution in [0, 0.1) is 5.82 Å². The normalized spacial score (nSPS) is 17.8. The predicted octanol–water partition coefficient (Wildman–Crippen LogP) is 2.09. The molecule has 1 aliphatic rings. The van der Waals surface area contributed by atoms with Crippen molar-refractivity contribution in [3.8, 4) is 0 Å². The summed E-state index contributed by atoms with van der Waals surface area (Å²) in [6.45, 7) is 1.89. The van der Waals surface area contributed by atoms with Crippen LogP contribution in [0.3, 0.4) is 0 Å². The monoisotopic (exact) mass is 342 g/mol. The number of anilines is 1. The third kappa shape index (κ3) is 3.00. The fraction of sp³-hybridized carbons (Fsp3) is 0.353. The van der Waals surface area contributed by atoms with E-state index in [-0.39, 0.29) is 17.8 Å². The average Bonchev–Trinajstić information content (AvgIpc) is 3.22. The number of piperidine rings is 1. The second-order valence-electron chi connectivity index (χ2n) is 6.26. The Morgan fingerprint density at radius 3 is 3.08 bits per heavy atom. The van der Waals surface area contributed by atoms with Crippen LogP contribution in [0.1, 0.15) is 29.4 Å². The van der Waals surface area contributed by atoms with E-state index in [1.54, 1.807) is 23.7 Å². The van der Waals surface area contributed by atoms with Crippen molar-refractivity contribution in [2.45, 2.75) is 18.9 Å². The zero-order chi connectivity index (χ0) is 17.4. The van der Waals surface area contributed by atoms with Crippen molar-refractivity contribution >= 4 is 22.9 Å². The number of imidazole rings is 1. The van der Waals surface area contributed by atoms with Gasteiger partial charge in [-0.25, -0.2) is 9.37 Å². The van der Waals surface area contributed by atoms with E-state index in [0.717, 1.165) is 31.4 Å². The fourth-order valence-electron chi connectivity index (χ4n) is 3.17. The first-order valence-electron chi connectivity index (χ1n) is 8.31. The molecule has 1 saturated heterocycles. The number of carbonyl (C=O) groups excluding carboxylic acids is 1. The number of amides is 1. The number of aryl methyl sites for hydroxylation is 1. The topological polar surface area (TPSA) is 76.8 Å². The van der Waals surface area contributed by atoms with E-state index in [2.05, 4.69) is 20.7 Å². The maximum absolute atomic E-state index is 13.3. The average molecular weight is 342 g/mol. The number of hydrogen-bond donors (Lipinski definition) is 2. The molecule has 2 N–H and O–H groups in total. The lowest BCUT2D eigenvalue weighted by Gasteiger charge is -2.22. The molecule has 3 heterocycles. The number of benzene rings is 1. The van der Waals surface area contributed by atoms with Crippen LogP contribution >= 0.6 is 0 Å². The highest BCUT2D eigenvalue weighted by Crippen LogP contribution is 2.20. The molecule has 25 heavy (non-hydrogen) atoms. The van der Waals surface area contributed by atoms with Crippen LogP contribution in [0.2, 0.25) is 0 Å². The van der Waals surface area contributed by atoms with E-state index in [9.17, 15) is 9.18 Å². The molecule has 0 saturated carbocycles. The van der Waals surface area contributed by atoms with Crippen LogP contribution in [0.4, 0.5) is 10.3 Å². The molecule has 0 aliphatic carbocycles. The summed E-state index contributed by atoms with van der Waals surface area (Å²) in [7, 11) is 1.77. The minimum absolute atomic E-state index is 0.272. The highest BCUT2D eigenvalue weighted by Gasteiger charge is 2.19. The predicted molar refractivity (Wildman–Crippen MR) is 92.0 cm³/mol. The molecule has 7 nitrogen and oxygen atoms in total. The van der Waals surface area contributed by atoms with Gasteiger partial charge in [0.25, 0.3) is 5.91 Å². The van der Waals surface area contributed by atoms with Gasteiger partial charge in [0, 0.05) is 25.9 Å². The Labute approximate surface area is 143 Å². The van der Waals surface area contributed by atoms with Gasteiger partial charge in [-0.05, 0) is 37.6 Å². The summed E-state index contributed by atoms with van der Waals surface area (Å²) in [5.41, 5.74) is 1.58. The third-order valence-corrected chi connectivity index (χ3v) is 4.55. The number of fused-ring (bicyclic) bond motifs is 1. The molecule has 1 amide bonds. The summed E-state index contributed by atoms with van der Waals surface area (Å²) in [5.74, 6) is -0.329. The van der Waals surface area contributed by atoms with Gasteiger partial charge in [0.1, 0.15) is 5.82 Å². The Morgan fingerprint density at radius 2 is 2.28 bits per heavy atom. The Kier molecular flexibility index (Phi) is 3.96. The summed E-state index contributed by atoms with van der Waals surface area (Å²) in [4.78, 5) is 16.8. The first-order valence-corrected chi connectivity index (χ1v) is 8.31. The van der Waals surface area contributed by atoms with Gasteiger partial charge in [-0.1, -0.05) is 0 Å². The van der Waals surface area contributed by atoms with Gasteiger partial charge in [-0.15, -0.1) is 0 Å². The van der Waals surface area contributed by atoms with E-state index in [4.69, 9.17) is 0 Å². The van der Waals surface area contributed by atoms with E-state index in [0.29, 0.717) is 17.2 Å². The first-order chi connectivity index (χ1) is 12.1. The van der Waals surface area contributed by atoms with Crippen molar-refractivity contribution in [3.05, 3.63) is 42.0 Å². The van der Waals surface area contributed by atoms with Gasteiger partial charge in [0.05, 0.1) is 17.1 Å². The van der Waals surface area contributed by atoms with Crippen LogP contribution in [0.15, 0.2) is 30.5 Å². The van der Waals surface area contributed by atoms with Crippen LogP contribution in [0.25, 0.3) is 11.0 Å². The molecule has 0 bridgehead atoms. The second-order valence-corrected chi connectivity index (χ2v) is 6.26. The number of carbonyl (C=O) groups is 1. The SMILES string of the molecule is Cn1c(NC(=O)c2ccn(C3CCCNC3)n2)nc2cc(F)ccc21. The zero-order valence-electron chi connectivity index (χ0n) is 13.9. The van der Waals surface area contributed by atoms with Crippen molar-refractivity contribution in [1.82, 2.24) is 24.6 Å². The molecule has 1 aliphatic heterocycles. The fourth-order valence-corrected chi connectivity index (χ4v) is 3.17. The summed E-state index contributed by atoms with van der Waals surface area (Å²) in [5, 5.41) is 10.5. The van der Waals surface area contributed by atoms with Crippen LogP contribution in [-0.4, -0.2) is 38.3 Å². The number of aromatic nitrogens is 4. The van der Waals surface area contributed by atoms with Crippen LogP contribution in [-0.2, 0) is 7.05 Å². The number of nitrogens with one attached hydrogen (secondary N) is 2. The summed E-state index contributed by atoms with van der Waals surface area (Å²) in [6, 6.07) is 6.32. The van der Waals surface area contributed by atoms with Gasteiger partial charge in [0.2, 0.25) is 5.95 Å². The largest absolute Gasteiger partial charge is 0.315 e. The number of rotatable bonds is 3. The summed E-state index contributed by atoms with van der Waals surface area (Å²) in [6.07, 6.45) is 3.98. The van der Waals surface area contributed by atoms with Gasteiger partial charge >= 0.3 is 0 Å². The van der Waals surface area contributed by atoms with Crippen molar-refractivity contribution < 1.29 is 9.18 Å². The molecule has 1 fully saturated rings. The highest BCUT2D eigenvalue weighted by atomic mass is 19.1. The minimum atomic E-state index is -0.358. The maximum Gasteiger partial charge on any atom is 0.278 e. The number of hydrogen-bond acceptors (Lipinski definition) is 4. The Bertz CT molecular complexity index is 925. The molecule has 130 valence electrons. The smallest absolute Gasteiger partial charge is 0.278 e. The van der Waals surface area contributed by atoms with E-state index in [1.807, 2.05) is 10.9 Å². The van der Waals surface area contributed by atoms with E-state index in [1.165, 1.54) is 12.1 Å². The Balaban J connectivity index is 1.54. The number of halogens is 1. The van der Waals surface area contributed by atoms with Gasteiger partial charge < -0.3 is 9.88 Å². The van der Waals surface area contributed by atoms with Crippen molar-refractivity contribution in [3.63, 3.8) is 0 Å². The third-order valence-electron chi connectivity index (χ3n) is 4.55. The van der Waals surface area contributed by atoms with Crippen molar-refractivity contribution in [2.75, 3.05) is 18.4 Å². The molecule has 3 aromatic rings.